The fourth-order valence-electron chi connectivity index (χ4n) is 2.96. The van der Waals surface area contributed by atoms with E-state index in [0.29, 0.717) is 11.7 Å². The summed E-state index contributed by atoms with van der Waals surface area (Å²) in [6.45, 7) is 7.46. The molecule has 0 saturated carbocycles. The minimum Gasteiger partial charge on any atom is -0.459 e. The summed E-state index contributed by atoms with van der Waals surface area (Å²) >= 11 is 0. The molecule has 0 spiro atoms. The highest BCUT2D eigenvalue weighted by atomic mass is 16.4. The molecule has 7 heteroatoms. The van der Waals surface area contributed by atoms with Crippen molar-refractivity contribution in [2.24, 2.45) is 0 Å². The van der Waals surface area contributed by atoms with Gasteiger partial charge >= 0.3 is 0 Å². The van der Waals surface area contributed by atoms with Crippen molar-refractivity contribution in [3.63, 3.8) is 0 Å². The minimum absolute atomic E-state index is 0.538. The van der Waals surface area contributed by atoms with Gasteiger partial charge in [0.2, 0.25) is 0 Å². The van der Waals surface area contributed by atoms with Crippen molar-refractivity contribution in [1.82, 2.24) is 24.6 Å². The van der Waals surface area contributed by atoms with Gasteiger partial charge in [-0.15, -0.1) is 10.2 Å². The van der Waals surface area contributed by atoms with Crippen molar-refractivity contribution in [1.29, 1.82) is 0 Å². The first-order valence-corrected chi connectivity index (χ1v) is 7.88. The molecule has 0 aromatic carbocycles. The van der Waals surface area contributed by atoms with Crippen LogP contribution in [-0.4, -0.2) is 31.2 Å². The number of rotatable bonds is 4. The molecule has 0 saturated heterocycles. The van der Waals surface area contributed by atoms with Crippen LogP contribution in [0.4, 0.5) is 0 Å². The van der Waals surface area contributed by atoms with E-state index in [1.807, 2.05) is 19.1 Å². The lowest BCUT2D eigenvalue weighted by Crippen LogP contribution is -2.34. The van der Waals surface area contributed by atoms with E-state index in [2.05, 4.69) is 31.6 Å². The smallest absolute Gasteiger partial charge is 0.263 e. The number of fused-ring (bicyclic) bond motifs is 1. The Balaban J connectivity index is 1.51. The quantitative estimate of drug-likeness (QED) is 0.736. The van der Waals surface area contributed by atoms with Gasteiger partial charge in [0.1, 0.15) is 17.4 Å². The van der Waals surface area contributed by atoms with Crippen LogP contribution in [0.15, 0.2) is 27.2 Å². The van der Waals surface area contributed by atoms with Gasteiger partial charge in [0.05, 0.1) is 18.5 Å². The highest BCUT2D eigenvalue weighted by Crippen LogP contribution is 2.24. The number of nitrogens with zero attached hydrogens (tertiary/aromatic N) is 5. The fraction of sp³-hybridized carbons (Fsp3) is 0.438. The summed E-state index contributed by atoms with van der Waals surface area (Å²) in [5.74, 6) is 4.12. The molecule has 0 atom stereocenters. The number of hydrogen-bond donors (Lipinski definition) is 0. The molecule has 3 aromatic heterocycles. The van der Waals surface area contributed by atoms with E-state index in [-0.39, 0.29) is 0 Å². The molecule has 0 radical (unpaired) electrons. The lowest BCUT2D eigenvalue weighted by atomic mass is 10.3. The first kappa shape index (κ1) is 14.2. The second kappa shape index (κ2) is 5.66. The standard InChI is InChI=1S/C16H19N5O2/c1-3-14-18-19-15-10-20(6-7-21(14)15)9-12-11(2)23-16(17-12)13-5-4-8-22-13/h4-5,8H,3,6-7,9-10H2,1-2H3. The van der Waals surface area contributed by atoms with Gasteiger partial charge in [-0.25, -0.2) is 4.98 Å². The average Bonchev–Trinajstić information content (AvgIpc) is 3.27. The second-order valence-electron chi connectivity index (χ2n) is 5.75. The van der Waals surface area contributed by atoms with Crippen LogP contribution in [0.25, 0.3) is 11.7 Å². The Hall–Kier alpha value is -2.41. The van der Waals surface area contributed by atoms with Gasteiger partial charge in [-0.05, 0) is 19.1 Å². The van der Waals surface area contributed by atoms with Crippen molar-refractivity contribution in [3.05, 3.63) is 41.5 Å². The molecule has 4 heterocycles. The normalized spacial score (nSPS) is 15.0. The summed E-state index contributed by atoms with van der Waals surface area (Å²) in [7, 11) is 0. The maximum Gasteiger partial charge on any atom is 0.263 e. The Kier molecular flexibility index (Phi) is 3.49. The van der Waals surface area contributed by atoms with Crippen molar-refractivity contribution in [3.8, 4) is 11.7 Å². The highest BCUT2D eigenvalue weighted by Gasteiger charge is 2.22. The van der Waals surface area contributed by atoms with Crippen LogP contribution in [0.2, 0.25) is 0 Å². The molecule has 0 amide bonds. The Bertz CT molecular complexity index is 803. The van der Waals surface area contributed by atoms with E-state index < -0.39 is 0 Å². The van der Waals surface area contributed by atoms with E-state index in [1.54, 1.807) is 6.26 Å². The Morgan fingerprint density at radius 2 is 2.17 bits per heavy atom. The molecule has 120 valence electrons. The predicted molar refractivity (Wildman–Crippen MR) is 82.5 cm³/mol. The molecule has 0 bridgehead atoms. The third-order valence-corrected chi connectivity index (χ3v) is 4.22. The summed E-state index contributed by atoms with van der Waals surface area (Å²) in [4.78, 5) is 6.90. The second-order valence-corrected chi connectivity index (χ2v) is 5.75. The predicted octanol–water partition coefficient (Wildman–Crippen LogP) is 2.41. The van der Waals surface area contributed by atoms with E-state index >= 15 is 0 Å². The topological polar surface area (TPSA) is 73.1 Å². The first-order chi connectivity index (χ1) is 11.2. The number of oxazole rings is 1. The zero-order chi connectivity index (χ0) is 15.8. The van der Waals surface area contributed by atoms with Crippen LogP contribution in [0.5, 0.6) is 0 Å². The van der Waals surface area contributed by atoms with Crippen LogP contribution in [0, 0.1) is 6.92 Å². The molecule has 4 rings (SSSR count). The van der Waals surface area contributed by atoms with Gasteiger partial charge in [-0.2, -0.15) is 0 Å². The van der Waals surface area contributed by atoms with Gasteiger partial charge in [-0.1, -0.05) is 6.92 Å². The molecule has 1 aliphatic heterocycles. The highest BCUT2D eigenvalue weighted by molar-refractivity contribution is 5.44. The van der Waals surface area contributed by atoms with Crippen molar-refractivity contribution >= 4 is 0 Å². The molecule has 0 unspecified atom stereocenters. The SMILES string of the molecule is CCc1nnc2n1CCN(Cc1nc(-c3ccco3)oc1C)C2. The molecule has 1 aliphatic rings. The van der Waals surface area contributed by atoms with Gasteiger partial charge in [0.15, 0.2) is 5.76 Å². The average molecular weight is 313 g/mol. The molecule has 0 aliphatic carbocycles. The Labute approximate surface area is 133 Å². The summed E-state index contributed by atoms with van der Waals surface area (Å²) in [6, 6.07) is 3.68. The maximum atomic E-state index is 5.73. The van der Waals surface area contributed by atoms with E-state index in [4.69, 9.17) is 8.83 Å². The van der Waals surface area contributed by atoms with Gasteiger partial charge < -0.3 is 13.4 Å². The molecular formula is C16H19N5O2. The zero-order valence-electron chi connectivity index (χ0n) is 13.3. The third-order valence-electron chi connectivity index (χ3n) is 4.22. The van der Waals surface area contributed by atoms with Crippen LogP contribution in [0.3, 0.4) is 0 Å². The molecular weight excluding hydrogens is 294 g/mol. The lowest BCUT2D eigenvalue weighted by Gasteiger charge is -2.26. The molecule has 0 N–H and O–H groups in total. The van der Waals surface area contributed by atoms with Crippen LogP contribution >= 0.6 is 0 Å². The summed E-state index contributed by atoms with van der Waals surface area (Å²) in [6.07, 6.45) is 2.54. The summed E-state index contributed by atoms with van der Waals surface area (Å²) in [5.41, 5.74) is 0.945. The Morgan fingerprint density at radius 3 is 2.96 bits per heavy atom. The number of aryl methyl sites for hydroxylation is 2. The minimum atomic E-state index is 0.538. The lowest BCUT2D eigenvalue weighted by molar-refractivity contribution is 0.204. The van der Waals surface area contributed by atoms with E-state index in [1.165, 1.54) is 0 Å². The van der Waals surface area contributed by atoms with Gasteiger partial charge in [0.25, 0.3) is 5.89 Å². The summed E-state index contributed by atoms with van der Waals surface area (Å²) in [5, 5.41) is 8.55. The third kappa shape index (κ3) is 2.57. The monoisotopic (exact) mass is 313 g/mol. The summed E-state index contributed by atoms with van der Waals surface area (Å²) < 4.78 is 13.3. The van der Waals surface area contributed by atoms with E-state index in [0.717, 1.165) is 55.7 Å². The largest absolute Gasteiger partial charge is 0.459 e. The van der Waals surface area contributed by atoms with Gasteiger partial charge in [0, 0.05) is 26.1 Å². The van der Waals surface area contributed by atoms with Crippen molar-refractivity contribution in [2.45, 2.75) is 39.9 Å². The number of hydrogen-bond acceptors (Lipinski definition) is 6. The first-order valence-electron chi connectivity index (χ1n) is 7.88. The molecule has 3 aromatic rings. The van der Waals surface area contributed by atoms with Crippen molar-refractivity contribution in [2.75, 3.05) is 6.54 Å². The van der Waals surface area contributed by atoms with Crippen LogP contribution in [-0.2, 0) is 26.1 Å². The van der Waals surface area contributed by atoms with Crippen molar-refractivity contribution < 1.29 is 8.83 Å². The Morgan fingerprint density at radius 1 is 1.26 bits per heavy atom. The molecule has 7 nitrogen and oxygen atoms in total. The van der Waals surface area contributed by atoms with Crippen LogP contribution in [0.1, 0.15) is 30.0 Å². The molecule has 23 heavy (non-hydrogen) atoms. The fourth-order valence-corrected chi connectivity index (χ4v) is 2.96. The van der Waals surface area contributed by atoms with Crippen LogP contribution < -0.4 is 0 Å². The number of aromatic nitrogens is 4. The number of furan rings is 1. The zero-order valence-corrected chi connectivity index (χ0v) is 13.3. The maximum absolute atomic E-state index is 5.73. The van der Waals surface area contributed by atoms with Gasteiger partial charge in [-0.3, -0.25) is 4.90 Å². The molecule has 0 fully saturated rings. The van der Waals surface area contributed by atoms with E-state index in [9.17, 15) is 0 Å².